The number of benzene rings is 1. The van der Waals surface area contributed by atoms with E-state index in [1.165, 1.54) is 12.1 Å². The minimum Gasteiger partial charge on any atom is -0.384 e. The Labute approximate surface area is 129 Å². The minimum absolute atomic E-state index is 0.0445. The van der Waals surface area contributed by atoms with Gasteiger partial charge in [-0.15, -0.1) is 0 Å². The molecule has 1 atom stereocenters. The van der Waals surface area contributed by atoms with Crippen LogP contribution in [0.25, 0.3) is 0 Å². The van der Waals surface area contributed by atoms with Gasteiger partial charge in [-0.05, 0) is 43.6 Å². The zero-order valence-corrected chi connectivity index (χ0v) is 13.3. The van der Waals surface area contributed by atoms with Gasteiger partial charge in [0.2, 0.25) is 0 Å². The Hall–Kier alpha value is -1.51. The fourth-order valence-corrected chi connectivity index (χ4v) is 2.36. The summed E-state index contributed by atoms with van der Waals surface area (Å²) in [4.78, 5) is 13.9. The highest BCUT2D eigenvalue weighted by atomic mass is 32.2. The molecule has 1 N–H and O–H groups in total. The van der Waals surface area contributed by atoms with Crippen LogP contribution in [0.1, 0.15) is 29.3 Å². The lowest BCUT2D eigenvalue weighted by atomic mass is 10.1. The van der Waals surface area contributed by atoms with Crippen LogP contribution < -0.4 is 0 Å². The number of hydrogen-bond donors (Lipinski definition) is 1. The van der Waals surface area contributed by atoms with Gasteiger partial charge in [0.25, 0.3) is 5.91 Å². The first-order valence-electron chi connectivity index (χ1n) is 6.66. The smallest absolute Gasteiger partial charge is 0.256 e. The molecule has 0 bridgehead atoms. The second kappa shape index (κ2) is 8.71. The number of halogens is 1. The monoisotopic (exact) mass is 309 g/mol. The number of carbonyl (C=O) groups is 1. The standard InChI is InChI=1S/C16H20FNO2S/c1-12(8-10-21-3)18(2)16(20)14-7-6-13(5-4-9-19)11-15(14)17/h6-7,11-12,19H,8-10H2,1-3H3. The van der Waals surface area contributed by atoms with E-state index in [1.807, 2.05) is 13.2 Å². The number of amides is 1. The zero-order chi connectivity index (χ0) is 15.8. The maximum atomic E-state index is 14.0. The van der Waals surface area contributed by atoms with Gasteiger partial charge >= 0.3 is 0 Å². The fourth-order valence-electron chi connectivity index (χ4n) is 1.78. The second-order valence-corrected chi connectivity index (χ2v) is 5.69. The Kier molecular flexibility index (Phi) is 7.27. The van der Waals surface area contributed by atoms with Crippen molar-refractivity contribution in [3.63, 3.8) is 0 Å². The van der Waals surface area contributed by atoms with Crippen LogP contribution in [0.2, 0.25) is 0 Å². The summed E-state index contributed by atoms with van der Waals surface area (Å²) in [6.07, 6.45) is 2.88. The van der Waals surface area contributed by atoms with Crippen molar-refractivity contribution in [3.05, 3.63) is 35.1 Å². The van der Waals surface area contributed by atoms with Gasteiger partial charge in [-0.25, -0.2) is 4.39 Å². The van der Waals surface area contributed by atoms with E-state index in [4.69, 9.17) is 5.11 Å². The van der Waals surface area contributed by atoms with E-state index in [0.29, 0.717) is 5.56 Å². The van der Waals surface area contributed by atoms with Crippen molar-refractivity contribution in [3.8, 4) is 11.8 Å². The van der Waals surface area contributed by atoms with Crippen LogP contribution in [0.15, 0.2) is 18.2 Å². The number of aliphatic hydroxyl groups is 1. The molecule has 1 amide bonds. The molecule has 1 unspecified atom stereocenters. The SMILES string of the molecule is CSCCC(C)N(C)C(=O)c1ccc(C#CCO)cc1F. The van der Waals surface area contributed by atoms with Crippen molar-refractivity contribution in [2.45, 2.75) is 19.4 Å². The van der Waals surface area contributed by atoms with Crippen LogP contribution in [0, 0.1) is 17.7 Å². The lowest BCUT2D eigenvalue weighted by Crippen LogP contribution is -2.35. The zero-order valence-electron chi connectivity index (χ0n) is 12.5. The molecule has 0 fully saturated rings. The molecule has 0 aliphatic carbocycles. The van der Waals surface area contributed by atoms with Gasteiger partial charge in [-0.3, -0.25) is 4.79 Å². The highest BCUT2D eigenvalue weighted by Crippen LogP contribution is 2.15. The second-order valence-electron chi connectivity index (χ2n) is 4.70. The Morgan fingerprint density at radius 2 is 2.24 bits per heavy atom. The van der Waals surface area contributed by atoms with Gasteiger partial charge in [0.1, 0.15) is 12.4 Å². The Morgan fingerprint density at radius 3 is 2.81 bits per heavy atom. The van der Waals surface area contributed by atoms with E-state index in [2.05, 4.69) is 11.8 Å². The van der Waals surface area contributed by atoms with Crippen LogP contribution in [0.3, 0.4) is 0 Å². The van der Waals surface area contributed by atoms with Crippen LogP contribution in [0.4, 0.5) is 4.39 Å². The molecule has 3 nitrogen and oxygen atoms in total. The van der Waals surface area contributed by atoms with Gasteiger partial charge in [0.05, 0.1) is 5.56 Å². The Bertz CT molecular complexity index is 551. The fraction of sp³-hybridized carbons (Fsp3) is 0.438. The minimum atomic E-state index is -0.589. The van der Waals surface area contributed by atoms with Crippen molar-refractivity contribution in [1.29, 1.82) is 0 Å². The Balaban J connectivity index is 2.87. The molecule has 0 heterocycles. The molecule has 114 valence electrons. The third-order valence-electron chi connectivity index (χ3n) is 3.23. The molecule has 0 saturated carbocycles. The summed E-state index contributed by atoms with van der Waals surface area (Å²) in [6, 6.07) is 4.30. The molecular formula is C16H20FNO2S. The maximum Gasteiger partial charge on any atom is 0.256 e. The molecule has 0 aromatic heterocycles. The van der Waals surface area contributed by atoms with E-state index >= 15 is 0 Å². The third-order valence-corrected chi connectivity index (χ3v) is 3.88. The largest absolute Gasteiger partial charge is 0.384 e. The predicted octanol–water partition coefficient (Wildman–Crippen LogP) is 2.38. The predicted molar refractivity (Wildman–Crippen MR) is 84.9 cm³/mol. The van der Waals surface area contributed by atoms with Gasteiger partial charge in [-0.2, -0.15) is 11.8 Å². The van der Waals surface area contributed by atoms with E-state index < -0.39 is 5.82 Å². The summed E-state index contributed by atoms with van der Waals surface area (Å²) in [5.41, 5.74) is 0.485. The van der Waals surface area contributed by atoms with Gasteiger partial charge in [-0.1, -0.05) is 11.8 Å². The molecule has 21 heavy (non-hydrogen) atoms. The molecule has 0 saturated heterocycles. The van der Waals surface area contributed by atoms with E-state index in [1.54, 1.807) is 29.8 Å². The summed E-state index contributed by atoms with van der Waals surface area (Å²) in [6.45, 7) is 1.67. The number of hydrogen-bond acceptors (Lipinski definition) is 3. The summed E-state index contributed by atoms with van der Waals surface area (Å²) < 4.78 is 14.0. The number of aliphatic hydroxyl groups excluding tert-OH is 1. The number of nitrogens with zero attached hydrogens (tertiary/aromatic N) is 1. The van der Waals surface area contributed by atoms with Crippen molar-refractivity contribution >= 4 is 17.7 Å². The highest BCUT2D eigenvalue weighted by Gasteiger charge is 2.20. The van der Waals surface area contributed by atoms with Crippen LogP contribution in [-0.2, 0) is 0 Å². The molecule has 1 rings (SSSR count). The summed E-state index contributed by atoms with van der Waals surface area (Å²) >= 11 is 1.72. The van der Waals surface area contributed by atoms with Gasteiger partial charge in [0.15, 0.2) is 0 Å². The van der Waals surface area contributed by atoms with Gasteiger partial charge in [0, 0.05) is 18.7 Å². The van der Waals surface area contributed by atoms with E-state index in [9.17, 15) is 9.18 Å². The molecule has 0 aliphatic heterocycles. The molecule has 5 heteroatoms. The highest BCUT2D eigenvalue weighted by molar-refractivity contribution is 7.98. The summed E-state index contributed by atoms with van der Waals surface area (Å²) in [7, 11) is 1.69. The molecule has 1 aromatic rings. The molecule has 0 spiro atoms. The van der Waals surface area contributed by atoms with Crippen LogP contribution in [0.5, 0.6) is 0 Å². The van der Waals surface area contributed by atoms with Crippen molar-refractivity contribution in [2.75, 3.05) is 25.7 Å². The summed E-state index contributed by atoms with van der Waals surface area (Å²) in [5.74, 6) is 5.09. The topological polar surface area (TPSA) is 40.5 Å². The normalized spacial score (nSPS) is 11.5. The van der Waals surface area contributed by atoms with Crippen LogP contribution >= 0.6 is 11.8 Å². The Morgan fingerprint density at radius 1 is 1.52 bits per heavy atom. The first-order valence-corrected chi connectivity index (χ1v) is 8.06. The van der Waals surface area contributed by atoms with Crippen molar-refractivity contribution in [1.82, 2.24) is 4.90 Å². The number of thioether (sulfide) groups is 1. The van der Waals surface area contributed by atoms with Crippen molar-refractivity contribution in [2.24, 2.45) is 0 Å². The van der Waals surface area contributed by atoms with Crippen LogP contribution in [-0.4, -0.2) is 47.6 Å². The van der Waals surface area contributed by atoms with E-state index in [0.717, 1.165) is 12.2 Å². The molecule has 0 aliphatic rings. The average molecular weight is 309 g/mol. The number of carbonyl (C=O) groups excluding carboxylic acids is 1. The molecule has 1 aromatic carbocycles. The van der Waals surface area contributed by atoms with Gasteiger partial charge < -0.3 is 10.0 Å². The first-order chi connectivity index (χ1) is 10.0. The summed E-state index contributed by atoms with van der Waals surface area (Å²) in [5, 5.41) is 8.61. The lowest BCUT2D eigenvalue weighted by molar-refractivity contribution is 0.0736. The lowest BCUT2D eigenvalue weighted by Gasteiger charge is -2.25. The average Bonchev–Trinajstić information content (AvgIpc) is 2.49. The third kappa shape index (κ3) is 5.07. The first kappa shape index (κ1) is 17.5. The van der Waals surface area contributed by atoms with E-state index in [-0.39, 0.29) is 24.1 Å². The maximum absolute atomic E-state index is 14.0. The molecular weight excluding hydrogens is 289 g/mol. The number of rotatable bonds is 5. The van der Waals surface area contributed by atoms with Crippen molar-refractivity contribution < 1.29 is 14.3 Å². The quantitative estimate of drug-likeness (QED) is 0.849. The molecule has 0 radical (unpaired) electrons.